The van der Waals surface area contributed by atoms with E-state index in [1.54, 1.807) is 0 Å². The second kappa shape index (κ2) is 4.60. The Morgan fingerprint density at radius 1 is 1.24 bits per heavy atom. The van der Waals surface area contributed by atoms with Crippen molar-refractivity contribution in [1.29, 1.82) is 0 Å². The lowest BCUT2D eigenvalue weighted by atomic mass is 10.2. The molecule has 3 N–H and O–H groups in total. The van der Waals surface area contributed by atoms with Crippen LogP contribution in [-0.4, -0.2) is 0 Å². The third-order valence-electron chi connectivity index (χ3n) is 2.34. The molecule has 2 rings (SSSR count). The average Bonchev–Trinajstić information content (AvgIpc) is 2.35. The van der Waals surface area contributed by atoms with Crippen LogP contribution in [0.4, 0.5) is 11.4 Å². The van der Waals surface area contributed by atoms with Gasteiger partial charge in [0.1, 0.15) is 18.0 Å². The van der Waals surface area contributed by atoms with Gasteiger partial charge in [0, 0.05) is 4.90 Å². The molecule has 0 radical (unpaired) electrons. The molecule has 0 amide bonds. The maximum Gasteiger partial charge on any atom is 0.255 e. The number of nitrogens with one attached hydrogen (secondary N) is 1. The van der Waals surface area contributed by atoms with E-state index < -0.39 is 10.9 Å². The molecule has 0 atom stereocenters. The zero-order valence-electron chi connectivity index (χ0n) is 8.77. The summed E-state index contributed by atoms with van der Waals surface area (Å²) in [5.41, 5.74) is 7.16. The van der Waals surface area contributed by atoms with Gasteiger partial charge in [-0.15, -0.1) is 12.6 Å². The van der Waals surface area contributed by atoms with Gasteiger partial charge in [-0.1, -0.05) is 18.2 Å². The minimum Gasteiger partial charge on any atom is -0.394 e. The smallest absolute Gasteiger partial charge is 0.255 e. The molecule has 0 fully saturated rings. The van der Waals surface area contributed by atoms with E-state index in [-0.39, 0.29) is 18.0 Å². The minimum atomic E-state index is -0.675. The summed E-state index contributed by atoms with van der Waals surface area (Å²) in [4.78, 5) is 27.7. The first-order valence-corrected chi connectivity index (χ1v) is 5.29. The summed E-state index contributed by atoms with van der Waals surface area (Å²) in [6, 6.07) is 7.38. The number of benzene rings is 1. The van der Waals surface area contributed by atoms with Gasteiger partial charge in [-0.2, -0.15) is 0 Å². The molecule has 17 heavy (non-hydrogen) atoms. The van der Waals surface area contributed by atoms with E-state index in [0.29, 0.717) is 0 Å². The highest BCUT2D eigenvalue weighted by Crippen LogP contribution is 2.15. The number of hydrogen-bond donors (Lipinski definition) is 3. The molecule has 0 bridgehead atoms. The highest BCUT2D eigenvalue weighted by Gasteiger charge is 2.17. The van der Waals surface area contributed by atoms with Crippen LogP contribution in [0.2, 0.25) is 0 Å². The molecule has 0 aromatic heterocycles. The van der Waals surface area contributed by atoms with Gasteiger partial charge < -0.3 is 5.73 Å². The first-order valence-electron chi connectivity index (χ1n) is 4.84. The molecular formula is C11H10N2O3S. The minimum absolute atomic E-state index is 0.0200. The standard InChI is InChI=1S/C11H10N2O3S/c12-8-9(11(15)10(8)14)13-16-5-6-3-1-2-4-7(6)17/h1-4,13,17H,5,12H2. The highest BCUT2D eigenvalue weighted by atomic mass is 32.1. The van der Waals surface area contributed by atoms with Gasteiger partial charge in [-0.05, 0) is 11.6 Å². The number of rotatable bonds is 4. The Morgan fingerprint density at radius 3 is 2.59 bits per heavy atom. The van der Waals surface area contributed by atoms with Gasteiger partial charge >= 0.3 is 0 Å². The zero-order chi connectivity index (χ0) is 12.4. The number of nitrogen functional groups attached to an aromatic ring is 1. The van der Waals surface area contributed by atoms with Crippen molar-refractivity contribution in [2.45, 2.75) is 11.5 Å². The van der Waals surface area contributed by atoms with Gasteiger partial charge in [0.25, 0.3) is 10.9 Å². The number of nitrogens with two attached hydrogens (primary N) is 1. The molecule has 0 spiro atoms. The maximum atomic E-state index is 11.0. The fourth-order valence-electron chi connectivity index (χ4n) is 1.33. The largest absolute Gasteiger partial charge is 0.394 e. The molecule has 0 aliphatic heterocycles. The molecule has 88 valence electrons. The Kier molecular flexibility index (Phi) is 3.16. The van der Waals surface area contributed by atoms with Crippen LogP contribution in [0.15, 0.2) is 38.8 Å². The van der Waals surface area contributed by atoms with Crippen LogP contribution in [0.1, 0.15) is 5.56 Å². The average molecular weight is 250 g/mol. The highest BCUT2D eigenvalue weighted by molar-refractivity contribution is 7.80. The van der Waals surface area contributed by atoms with E-state index in [1.807, 2.05) is 24.3 Å². The predicted molar refractivity (Wildman–Crippen MR) is 67.9 cm³/mol. The zero-order valence-corrected chi connectivity index (χ0v) is 9.66. The Bertz CT molecular complexity index is 617. The predicted octanol–water partition coefficient (Wildman–Crippen LogP) is 0.697. The molecule has 2 aromatic rings. The topological polar surface area (TPSA) is 81.4 Å². The van der Waals surface area contributed by atoms with Crippen LogP contribution in [0, 0.1) is 0 Å². The van der Waals surface area contributed by atoms with E-state index in [4.69, 9.17) is 10.6 Å². The van der Waals surface area contributed by atoms with Crippen molar-refractivity contribution in [2.75, 3.05) is 11.2 Å². The molecule has 0 aliphatic rings. The summed E-state index contributed by atoms with van der Waals surface area (Å²) in [5.74, 6) is 0. The number of hydrogen-bond acceptors (Lipinski definition) is 6. The molecule has 0 aliphatic carbocycles. The molecule has 5 nitrogen and oxygen atoms in total. The van der Waals surface area contributed by atoms with E-state index in [2.05, 4.69) is 18.1 Å². The summed E-state index contributed by atoms with van der Waals surface area (Å²) in [6.45, 7) is 0.220. The number of thiol groups is 1. The van der Waals surface area contributed by atoms with Gasteiger partial charge in [-0.3, -0.25) is 19.9 Å². The number of anilines is 2. The van der Waals surface area contributed by atoms with Crippen LogP contribution < -0.4 is 22.1 Å². The Balaban J connectivity index is 1.96. The summed E-state index contributed by atoms with van der Waals surface area (Å²) in [6.07, 6.45) is 0. The van der Waals surface area contributed by atoms with Crippen molar-refractivity contribution in [2.24, 2.45) is 0 Å². The summed E-state index contributed by atoms with van der Waals surface area (Å²) in [5, 5.41) is 0. The lowest BCUT2D eigenvalue weighted by Gasteiger charge is -2.10. The van der Waals surface area contributed by atoms with Crippen LogP contribution in [0.25, 0.3) is 0 Å². The monoisotopic (exact) mass is 250 g/mol. The van der Waals surface area contributed by atoms with Crippen molar-refractivity contribution in [3.05, 3.63) is 50.3 Å². The molecular weight excluding hydrogens is 240 g/mol. The van der Waals surface area contributed by atoms with Crippen molar-refractivity contribution in [3.63, 3.8) is 0 Å². The van der Waals surface area contributed by atoms with Crippen LogP contribution >= 0.6 is 12.6 Å². The molecule has 0 saturated carbocycles. The molecule has 6 heteroatoms. The lowest BCUT2D eigenvalue weighted by Crippen LogP contribution is -2.37. The fraction of sp³-hybridized carbons (Fsp3) is 0.0909. The maximum absolute atomic E-state index is 11.0. The second-order valence-electron chi connectivity index (χ2n) is 3.47. The van der Waals surface area contributed by atoms with Crippen molar-refractivity contribution in [3.8, 4) is 0 Å². The summed E-state index contributed by atoms with van der Waals surface area (Å²) < 4.78 is 0. The van der Waals surface area contributed by atoms with Gasteiger partial charge in [-0.25, -0.2) is 0 Å². The van der Waals surface area contributed by atoms with Gasteiger partial charge in [0.15, 0.2) is 0 Å². The first kappa shape index (κ1) is 11.7. The summed E-state index contributed by atoms with van der Waals surface area (Å²) in [7, 11) is 0. The van der Waals surface area contributed by atoms with E-state index in [9.17, 15) is 9.59 Å². The van der Waals surface area contributed by atoms with Crippen molar-refractivity contribution in [1.82, 2.24) is 0 Å². The third-order valence-corrected chi connectivity index (χ3v) is 2.78. The molecule has 0 heterocycles. The first-order chi connectivity index (χ1) is 8.11. The Hall–Kier alpha value is -1.79. The van der Waals surface area contributed by atoms with E-state index in [0.717, 1.165) is 10.5 Å². The van der Waals surface area contributed by atoms with Crippen LogP contribution in [0.3, 0.4) is 0 Å². The third kappa shape index (κ3) is 2.17. The second-order valence-corrected chi connectivity index (χ2v) is 3.95. The van der Waals surface area contributed by atoms with Crippen molar-refractivity contribution < 1.29 is 4.84 Å². The van der Waals surface area contributed by atoms with Gasteiger partial charge in [0.2, 0.25) is 0 Å². The molecule has 2 aromatic carbocycles. The molecule has 0 unspecified atom stereocenters. The van der Waals surface area contributed by atoms with Crippen LogP contribution in [-0.2, 0) is 11.4 Å². The van der Waals surface area contributed by atoms with E-state index >= 15 is 0 Å². The Morgan fingerprint density at radius 2 is 1.94 bits per heavy atom. The fourth-order valence-corrected chi connectivity index (χ4v) is 1.55. The lowest BCUT2D eigenvalue weighted by molar-refractivity contribution is 0.178. The van der Waals surface area contributed by atoms with Crippen LogP contribution in [0.5, 0.6) is 0 Å². The molecule has 0 saturated heterocycles. The summed E-state index contributed by atoms with van der Waals surface area (Å²) >= 11 is 4.24. The quantitative estimate of drug-likeness (QED) is 0.423. The van der Waals surface area contributed by atoms with E-state index in [1.165, 1.54) is 0 Å². The van der Waals surface area contributed by atoms with Gasteiger partial charge in [0.05, 0.1) is 0 Å². The normalized spacial score (nSPS) is 10.6. The SMILES string of the molecule is Nc1c(NOCc2ccccc2S)c(=O)c1=O. The van der Waals surface area contributed by atoms with Crippen molar-refractivity contribution >= 4 is 24.0 Å². The Labute approximate surface area is 102 Å².